The Morgan fingerprint density at radius 1 is 1.40 bits per heavy atom. The summed E-state index contributed by atoms with van der Waals surface area (Å²) in [5, 5.41) is 13.3. The Morgan fingerprint density at radius 2 is 2.27 bits per heavy atom. The van der Waals surface area contributed by atoms with E-state index in [1.807, 2.05) is 0 Å². The lowest BCUT2D eigenvalue weighted by Gasteiger charge is -2.22. The molecule has 0 aromatic carbocycles. The highest BCUT2D eigenvalue weighted by Crippen LogP contribution is 2.25. The van der Waals surface area contributed by atoms with Gasteiger partial charge in [0.15, 0.2) is 0 Å². The molecule has 3 nitrogen and oxygen atoms in total. The Labute approximate surface area is 92.2 Å². The number of ether oxygens (including phenoxy) is 1. The molecule has 0 aromatic heterocycles. The van der Waals surface area contributed by atoms with Gasteiger partial charge in [-0.05, 0) is 38.0 Å². The summed E-state index contributed by atoms with van der Waals surface area (Å²) in [5.41, 5.74) is 0. The summed E-state index contributed by atoms with van der Waals surface area (Å²) in [6.45, 7) is 5.03. The summed E-state index contributed by atoms with van der Waals surface area (Å²) in [6.07, 6.45) is 4.48. The molecule has 3 heteroatoms. The number of aliphatic hydroxyl groups excluding tert-OH is 1. The minimum absolute atomic E-state index is 0.0653. The van der Waals surface area contributed by atoms with Crippen molar-refractivity contribution in [3.63, 3.8) is 0 Å². The van der Waals surface area contributed by atoms with E-state index >= 15 is 0 Å². The first-order valence-electron chi connectivity index (χ1n) is 6.26. The fourth-order valence-electron chi connectivity index (χ4n) is 2.71. The molecule has 1 heterocycles. The van der Waals surface area contributed by atoms with Crippen LogP contribution in [0.1, 0.15) is 32.6 Å². The van der Waals surface area contributed by atoms with E-state index < -0.39 is 0 Å². The maximum absolute atomic E-state index is 9.70. The first-order chi connectivity index (χ1) is 7.27. The van der Waals surface area contributed by atoms with Crippen molar-refractivity contribution < 1.29 is 9.84 Å². The summed E-state index contributed by atoms with van der Waals surface area (Å²) in [6, 6.07) is 0.528. The lowest BCUT2D eigenvalue weighted by atomic mass is 9.99. The molecule has 0 spiro atoms. The van der Waals surface area contributed by atoms with Gasteiger partial charge in [-0.3, -0.25) is 0 Å². The maximum atomic E-state index is 9.70. The Morgan fingerprint density at radius 3 is 2.87 bits per heavy atom. The third kappa shape index (κ3) is 2.92. The number of hydrogen-bond donors (Lipinski definition) is 2. The number of rotatable bonds is 4. The average molecular weight is 213 g/mol. The molecule has 1 saturated carbocycles. The Hall–Kier alpha value is -0.120. The van der Waals surface area contributed by atoms with Crippen LogP contribution in [-0.4, -0.2) is 37.0 Å². The Kier molecular flexibility index (Phi) is 4.00. The van der Waals surface area contributed by atoms with E-state index in [0.717, 1.165) is 26.2 Å². The van der Waals surface area contributed by atoms with Crippen molar-refractivity contribution in [2.75, 3.05) is 19.8 Å². The second-order valence-electron chi connectivity index (χ2n) is 5.08. The molecule has 0 bridgehead atoms. The summed E-state index contributed by atoms with van der Waals surface area (Å²) < 4.78 is 5.38. The van der Waals surface area contributed by atoms with Gasteiger partial charge in [-0.25, -0.2) is 0 Å². The van der Waals surface area contributed by atoms with Crippen molar-refractivity contribution in [2.45, 2.75) is 44.8 Å². The van der Waals surface area contributed by atoms with E-state index in [2.05, 4.69) is 12.2 Å². The van der Waals surface area contributed by atoms with Crippen LogP contribution in [0.15, 0.2) is 0 Å². The van der Waals surface area contributed by atoms with Gasteiger partial charge in [0.25, 0.3) is 0 Å². The second-order valence-corrected chi connectivity index (χ2v) is 5.08. The number of nitrogens with one attached hydrogen (secondary N) is 1. The molecule has 0 radical (unpaired) electrons. The van der Waals surface area contributed by atoms with Gasteiger partial charge in [0.05, 0.1) is 12.7 Å². The minimum atomic E-state index is -0.0653. The minimum Gasteiger partial charge on any atom is -0.393 e. The Bertz CT molecular complexity index is 192. The molecule has 0 amide bonds. The van der Waals surface area contributed by atoms with Crippen LogP contribution in [-0.2, 0) is 4.74 Å². The molecule has 2 aliphatic rings. The van der Waals surface area contributed by atoms with Gasteiger partial charge in [-0.2, -0.15) is 0 Å². The van der Waals surface area contributed by atoms with Gasteiger partial charge >= 0.3 is 0 Å². The zero-order chi connectivity index (χ0) is 10.7. The fourth-order valence-corrected chi connectivity index (χ4v) is 2.71. The second kappa shape index (κ2) is 5.28. The first-order valence-corrected chi connectivity index (χ1v) is 6.26. The smallest absolute Gasteiger partial charge is 0.0580 e. The quantitative estimate of drug-likeness (QED) is 0.736. The van der Waals surface area contributed by atoms with Crippen LogP contribution < -0.4 is 5.32 Å². The average Bonchev–Trinajstić information content (AvgIpc) is 2.85. The largest absolute Gasteiger partial charge is 0.393 e. The van der Waals surface area contributed by atoms with Gasteiger partial charge in [0, 0.05) is 19.2 Å². The van der Waals surface area contributed by atoms with Crippen LogP contribution in [0.4, 0.5) is 0 Å². The van der Waals surface area contributed by atoms with Crippen LogP contribution >= 0.6 is 0 Å². The van der Waals surface area contributed by atoms with Crippen molar-refractivity contribution in [3.05, 3.63) is 0 Å². The molecule has 0 aromatic rings. The molecule has 1 saturated heterocycles. The predicted octanol–water partition coefficient (Wildman–Crippen LogP) is 1.16. The molecule has 2 N–H and O–H groups in total. The normalized spacial score (nSPS) is 38.4. The predicted molar refractivity (Wildman–Crippen MR) is 59.7 cm³/mol. The van der Waals surface area contributed by atoms with Crippen LogP contribution in [0.3, 0.4) is 0 Å². The summed E-state index contributed by atoms with van der Waals surface area (Å²) in [4.78, 5) is 0. The van der Waals surface area contributed by atoms with Crippen LogP contribution in [0, 0.1) is 11.8 Å². The highest BCUT2D eigenvalue weighted by Gasteiger charge is 2.27. The SMILES string of the molecule is CC(NCC1CCCC1O)C1CCOC1. The van der Waals surface area contributed by atoms with E-state index in [-0.39, 0.29) is 6.10 Å². The highest BCUT2D eigenvalue weighted by atomic mass is 16.5. The van der Waals surface area contributed by atoms with E-state index in [1.54, 1.807) is 0 Å². The van der Waals surface area contributed by atoms with Gasteiger partial charge in [0.1, 0.15) is 0 Å². The molecule has 2 rings (SSSR count). The molecule has 15 heavy (non-hydrogen) atoms. The molecule has 2 fully saturated rings. The lowest BCUT2D eigenvalue weighted by molar-refractivity contribution is 0.127. The van der Waals surface area contributed by atoms with Crippen molar-refractivity contribution in [2.24, 2.45) is 11.8 Å². The molecule has 1 aliphatic heterocycles. The summed E-state index contributed by atoms with van der Waals surface area (Å²) >= 11 is 0. The monoisotopic (exact) mass is 213 g/mol. The van der Waals surface area contributed by atoms with Crippen molar-refractivity contribution in [3.8, 4) is 0 Å². The number of hydrogen-bond acceptors (Lipinski definition) is 3. The summed E-state index contributed by atoms with van der Waals surface area (Å²) in [7, 11) is 0. The molecular formula is C12H23NO2. The Balaban J connectivity index is 1.67. The molecule has 1 aliphatic carbocycles. The third-order valence-electron chi connectivity index (χ3n) is 3.99. The third-order valence-corrected chi connectivity index (χ3v) is 3.99. The number of aliphatic hydroxyl groups is 1. The van der Waals surface area contributed by atoms with Gasteiger partial charge in [0.2, 0.25) is 0 Å². The van der Waals surface area contributed by atoms with E-state index in [9.17, 15) is 5.11 Å². The van der Waals surface area contributed by atoms with Gasteiger partial charge in [-0.1, -0.05) is 6.42 Å². The zero-order valence-electron chi connectivity index (χ0n) is 9.61. The van der Waals surface area contributed by atoms with E-state index in [1.165, 1.54) is 19.3 Å². The van der Waals surface area contributed by atoms with Crippen LogP contribution in [0.25, 0.3) is 0 Å². The fraction of sp³-hybridized carbons (Fsp3) is 1.00. The van der Waals surface area contributed by atoms with E-state index in [0.29, 0.717) is 17.9 Å². The standard InChI is InChI=1S/C12H23NO2/c1-9(11-5-6-15-8-11)13-7-10-3-2-4-12(10)14/h9-14H,2-8H2,1H3. The van der Waals surface area contributed by atoms with Crippen molar-refractivity contribution in [1.29, 1.82) is 0 Å². The van der Waals surface area contributed by atoms with Crippen LogP contribution in [0.5, 0.6) is 0 Å². The topological polar surface area (TPSA) is 41.5 Å². The van der Waals surface area contributed by atoms with Gasteiger partial charge < -0.3 is 15.2 Å². The lowest BCUT2D eigenvalue weighted by Crippen LogP contribution is -2.38. The molecule has 4 atom stereocenters. The first kappa shape index (κ1) is 11.4. The molecule has 4 unspecified atom stereocenters. The van der Waals surface area contributed by atoms with E-state index in [4.69, 9.17) is 4.74 Å². The zero-order valence-corrected chi connectivity index (χ0v) is 9.61. The van der Waals surface area contributed by atoms with Crippen molar-refractivity contribution in [1.82, 2.24) is 5.32 Å². The van der Waals surface area contributed by atoms with Gasteiger partial charge in [-0.15, -0.1) is 0 Å². The molecule has 88 valence electrons. The summed E-state index contributed by atoms with van der Waals surface area (Å²) in [5.74, 6) is 1.15. The van der Waals surface area contributed by atoms with Crippen LogP contribution in [0.2, 0.25) is 0 Å². The van der Waals surface area contributed by atoms with Crippen molar-refractivity contribution >= 4 is 0 Å². The maximum Gasteiger partial charge on any atom is 0.0580 e. The highest BCUT2D eigenvalue weighted by molar-refractivity contribution is 4.81. The molecular weight excluding hydrogens is 190 g/mol.